The Morgan fingerprint density at radius 3 is 2.67 bits per heavy atom. The van der Waals surface area contributed by atoms with Gasteiger partial charge in [0, 0.05) is 24.6 Å². The molecule has 0 radical (unpaired) electrons. The molecule has 2 aromatic heterocycles. The van der Waals surface area contributed by atoms with Gasteiger partial charge in [0.05, 0.1) is 5.69 Å². The first kappa shape index (κ1) is 16.5. The molecule has 1 amide bonds. The van der Waals surface area contributed by atoms with Crippen LogP contribution >= 0.6 is 0 Å². The van der Waals surface area contributed by atoms with Gasteiger partial charge in [0.1, 0.15) is 12.2 Å². The molecule has 0 aliphatic heterocycles. The van der Waals surface area contributed by atoms with Gasteiger partial charge in [-0.2, -0.15) is 18.3 Å². The molecule has 5 nitrogen and oxygen atoms in total. The van der Waals surface area contributed by atoms with Crippen molar-refractivity contribution in [3.63, 3.8) is 0 Å². The number of aromatic nitrogens is 3. The summed E-state index contributed by atoms with van der Waals surface area (Å²) in [5.74, 6) is -0.687. The van der Waals surface area contributed by atoms with Gasteiger partial charge in [-0.15, -0.1) is 0 Å². The predicted octanol–water partition coefficient (Wildman–Crippen LogP) is 3.21. The first-order chi connectivity index (χ1) is 11.4. The third kappa shape index (κ3) is 3.74. The minimum Gasteiger partial charge on any atom is -0.325 e. The Balaban J connectivity index is 1.88. The lowest BCUT2D eigenvalue weighted by Crippen LogP contribution is -2.45. The highest BCUT2D eigenvalue weighted by Gasteiger charge is 2.38. The van der Waals surface area contributed by atoms with Crippen molar-refractivity contribution in [1.29, 1.82) is 0 Å². The monoisotopic (exact) mass is 338 g/mol. The van der Waals surface area contributed by atoms with Crippen molar-refractivity contribution in [2.45, 2.75) is 37.9 Å². The lowest BCUT2D eigenvalue weighted by molar-refractivity contribution is -0.144. The summed E-state index contributed by atoms with van der Waals surface area (Å²) in [7, 11) is 0. The van der Waals surface area contributed by atoms with Crippen LogP contribution in [-0.2, 0) is 0 Å². The van der Waals surface area contributed by atoms with Gasteiger partial charge in [0.15, 0.2) is 0 Å². The van der Waals surface area contributed by atoms with E-state index < -0.39 is 18.6 Å². The summed E-state index contributed by atoms with van der Waals surface area (Å²) < 4.78 is 40.3. The van der Waals surface area contributed by atoms with Crippen LogP contribution in [0.2, 0.25) is 0 Å². The summed E-state index contributed by atoms with van der Waals surface area (Å²) in [4.78, 5) is 17.6. The summed E-state index contributed by atoms with van der Waals surface area (Å²) >= 11 is 0. The Hall–Kier alpha value is -2.38. The van der Waals surface area contributed by atoms with Gasteiger partial charge >= 0.3 is 6.18 Å². The fraction of sp³-hybridized carbons (Fsp3) is 0.438. The van der Waals surface area contributed by atoms with Crippen molar-refractivity contribution in [3.05, 3.63) is 42.5 Å². The molecule has 1 aliphatic rings. The first-order valence-corrected chi connectivity index (χ1v) is 7.78. The lowest BCUT2D eigenvalue weighted by atomic mass is 10.2. The number of pyridine rings is 1. The summed E-state index contributed by atoms with van der Waals surface area (Å²) in [6.07, 6.45) is 3.12. The van der Waals surface area contributed by atoms with Gasteiger partial charge in [0.25, 0.3) is 5.91 Å². The molecule has 0 spiro atoms. The summed E-state index contributed by atoms with van der Waals surface area (Å²) in [6.45, 7) is -1.25. The van der Waals surface area contributed by atoms with Crippen molar-refractivity contribution >= 4 is 5.91 Å². The SMILES string of the molecule is O=C(c1cc(-n2cccn2)ccn1)N(CC(F)(F)F)C1CCCC1. The number of nitrogens with zero attached hydrogens (tertiary/aromatic N) is 4. The smallest absolute Gasteiger partial charge is 0.325 e. The van der Waals surface area contributed by atoms with Crippen LogP contribution in [0.1, 0.15) is 36.2 Å². The predicted molar refractivity (Wildman–Crippen MR) is 80.7 cm³/mol. The average Bonchev–Trinajstić information content (AvgIpc) is 3.24. The molecule has 3 rings (SSSR count). The maximum absolute atomic E-state index is 12.9. The normalized spacial score (nSPS) is 15.6. The van der Waals surface area contributed by atoms with Crippen molar-refractivity contribution in [1.82, 2.24) is 19.7 Å². The Labute approximate surface area is 137 Å². The van der Waals surface area contributed by atoms with E-state index in [0.717, 1.165) is 17.7 Å². The number of halogens is 3. The number of amides is 1. The fourth-order valence-electron chi connectivity index (χ4n) is 3.02. The molecule has 1 fully saturated rings. The molecular weight excluding hydrogens is 321 g/mol. The topological polar surface area (TPSA) is 51.0 Å². The molecule has 1 saturated carbocycles. The Morgan fingerprint density at radius 1 is 1.29 bits per heavy atom. The Kier molecular flexibility index (Phi) is 4.55. The molecule has 0 atom stereocenters. The van der Waals surface area contributed by atoms with Gasteiger partial charge in [-0.3, -0.25) is 9.78 Å². The van der Waals surface area contributed by atoms with E-state index in [9.17, 15) is 18.0 Å². The molecule has 0 N–H and O–H groups in total. The van der Waals surface area contributed by atoms with E-state index in [0.29, 0.717) is 18.5 Å². The quantitative estimate of drug-likeness (QED) is 0.860. The zero-order valence-electron chi connectivity index (χ0n) is 12.9. The van der Waals surface area contributed by atoms with Crippen LogP contribution in [0, 0.1) is 0 Å². The number of carbonyl (C=O) groups excluding carboxylic acids is 1. The van der Waals surface area contributed by atoms with Gasteiger partial charge < -0.3 is 4.90 Å². The summed E-state index contributed by atoms with van der Waals surface area (Å²) in [5, 5.41) is 4.05. The molecule has 2 heterocycles. The maximum Gasteiger partial charge on any atom is 0.406 e. The molecule has 0 aromatic carbocycles. The average molecular weight is 338 g/mol. The number of hydrogen-bond donors (Lipinski definition) is 0. The van der Waals surface area contributed by atoms with Crippen molar-refractivity contribution in [2.24, 2.45) is 0 Å². The van der Waals surface area contributed by atoms with Gasteiger partial charge in [-0.1, -0.05) is 12.8 Å². The first-order valence-electron chi connectivity index (χ1n) is 7.78. The second-order valence-corrected chi connectivity index (χ2v) is 5.84. The van der Waals surface area contributed by atoms with E-state index in [2.05, 4.69) is 10.1 Å². The number of carbonyl (C=O) groups is 1. The minimum absolute atomic E-state index is 0.000787. The van der Waals surface area contributed by atoms with Crippen molar-refractivity contribution < 1.29 is 18.0 Å². The highest BCUT2D eigenvalue weighted by molar-refractivity contribution is 5.93. The van der Waals surface area contributed by atoms with Crippen molar-refractivity contribution in [2.75, 3.05) is 6.54 Å². The van der Waals surface area contributed by atoms with Crippen LogP contribution in [-0.4, -0.2) is 44.3 Å². The Bertz CT molecular complexity index is 694. The molecular formula is C16H17F3N4O. The van der Waals surface area contributed by atoms with E-state index >= 15 is 0 Å². The second-order valence-electron chi connectivity index (χ2n) is 5.84. The molecule has 1 aliphatic carbocycles. The Morgan fingerprint density at radius 2 is 2.04 bits per heavy atom. The van der Waals surface area contributed by atoms with Crippen LogP contribution in [0.3, 0.4) is 0 Å². The zero-order chi connectivity index (χ0) is 17.2. The molecule has 2 aromatic rings. The summed E-state index contributed by atoms with van der Waals surface area (Å²) in [6, 6.07) is 4.45. The molecule has 0 unspecified atom stereocenters. The van der Waals surface area contributed by atoms with Gasteiger partial charge in [-0.05, 0) is 31.0 Å². The van der Waals surface area contributed by atoms with Crippen LogP contribution in [0.25, 0.3) is 5.69 Å². The lowest BCUT2D eigenvalue weighted by Gasteiger charge is -2.29. The number of rotatable bonds is 4. The highest BCUT2D eigenvalue weighted by atomic mass is 19.4. The third-order valence-corrected chi connectivity index (χ3v) is 4.11. The summed E-state index contributed by atoms with van der Waals surface area (Å²) in [5.41, 5.74) is 0.580. The van der Waals surface area contributed by atoms with Gasteiger partial charge in [-0.25, -0.2) is 4.68 Å². The largest absolute Gasteiger partial charge is 0.406 e. The van der Waals surface area contributed by atoms with Crippen LogP contribution < -0.4 is 0 Å². The number of hydrogen-bond acceptors (Lipinski definition) is 3. The second kappa shape index (κ2) is 6.62. The molecule has 0 bridgehead atoms. The highest BCUT2D eigenvalue weighted by Crippen LogP contribution is 2.28. The van der Waals surface area contributed by atoms with E-state index in [4.69, 9.17) is 0 Å². The molecule has 24 heavy (non-hydrogen) atoms. The standard InChI is InChI=1S/C16H17F3N4O/c17-16(18,19)11-22(12-4-1-2-5-12)15(24)14-10-13(6-8-20-14)23-9-3-7-21-23/h3,6-10,12H,1-2,4-5,11H2. The maximum atomic E-state index is 12.9. The van der Waals surface area contributed by atoms with Crippen molar-refractivity contribution in [3.8, 4) is 5.69 Å². The van der Waals surface area contributed by atoms with E-state index in [-0.39, 0.29) is 11.7 Å². The third-order valence-electron chi connectivity index (χ3n) is 4.11. The van der Waals surface area contributed by atoms with Crippen LogP contribution in [0.5, 0.6) is 0 Å². The minimum atomic E-state index is -4.43. The number of alkyl halides is 3. The van der Waals surface area contributed by atoms with Crippen LogP contribution in [0.15, 0.2) is 36.8 Å². The van der Waals surface area contributed by atoms with E-state index in [1.54, 1.807) is 24.5 Å². The van der Waals surface area contributed by atoms with E-state index in [1.807, 2.05) is 0 Å². The molecule has 128 valence electrons. The fourth-order valence-corrected chi connectivity index (χ4v) is 3.02. The molecule has 8 heteroatoms. The van der Waals surface area contributed by atoms with Gasteiger partial charge in [0.2, 0.25) is 0 Å². The van der Waals surface area contributed by atoms with Crippen LogP contribution in [0.4, 0.5) is 13.2 Å². The van der Waals surface area contributed by atoms with E-state index in [1.165, 1.54) is 16.9 Å². The zero-order valence-corrected chi connectivity index (χ0v) is 12.9. The molecule has 0 saturated heterocycles.